The van der Waals surface area contributed by atoms with Crippen molar-refractivity contribution in [3.8, 4) is 0 Å². The van der Waals surface area contributed by atoms with Crippen LogP contribution in [0.4, 0.5) is 4.79 Å². The number of aldehydes is 1. The molecule has 15 heavy (non-hydrogen) atoms. The highest BCUT2D eigenvalue weighted by Gasteiger charge is 2.50. The van der Waals surface area contributed by atoms with Crippen molar-refractivity contribution in [2.45, 2.75) is 45.8 Å². The minimum absolute atomic E-state index is 0.0787. The molecule has 0 spiro atoms. The number of hydrogen-bond acceptors (Lipinski definition) is 3. The Balaban J connectivity index is 2.62. The van der Waals surface area contributed by atoms with Gasteiger partial charge >= 0.3 is 6.09 Å². The summed E-state index contributed by atoms with van der Waals surface area (Å²) in [5.74, 6) is -0.0787. The van der Waals surface area contributed by atoms with Gasteiger partial charge in [-0.25, -0.2) is 4.79 Å². The van der Waals surface area contributed by atoms with Crippen LogP contribution in [-0.2, 0) is 9.53 Å². The molecular formula is C11H19NO3. The lowest BCUT2D eigenvalue weighted by atomic mass is 9.78. The SMILES string of the molecule is CC(C)(C)OC(=O)N1CC(C=O)C1(C)C. The molecule has 1 atom stereocenters. The largest absolute Gasteiger partial charge is 0.444 e. The zero-order chi connectivity index (χ0) is 11.9. The summed E-state index contributed by atoms with van der Waals surface area (Å²) in [6.07, 6.45) is 0.562. The molecule has 1 fully saturated rings. The van der Waals surface area contributed by atoms with Crippen molar-refractivity contribution in [3.05, 3.63) is 0 Å². The van der Waals surface area contributed by atoms with Gasteiger partial charge < -0.3 is 14.4 Å². The molecule has 0 saturated carbocycles. The zero-order valence-electron chi connectivity index (χ0n) is 10.0. The maximum absolute atomic E-state index is 11.7. The van der Waals surface area contributed by atoms with Gasteiger partial charge in [0.15, 0.2) is 0 Å². The number of likely N-dealkylation sites (tertiary alicyclic amines) is 1. The fraction of sp³-hybridized carbons (Fsp3) is 0.818. The van der Waals surface area contributed by atoms with Crippen LogP contribution in [0.3, 0.4) is 0 Å². The quantitative estimate of drug-likeness (QED) is 0.624. The minimum atomic E-state index is -0.487. The molecule has 0 N–H and O–H groups in total. The summed E-state index contributed by atoms with van der Waals surface area (Å²) in [5.41, 5.74) is -0.899. The second kappa shape index (κ2) is 3.51. The second-order valence-corrected chi connectivity index (χ2v) is 5.49. The van der Waals surface area contributed by atoms with E-state index in [1.54, 1.807) is 4.90 Å². The Kier molecular flexibility index (Phi) is 2.81. The fourth-order valence-corrected chi connectivity index (χ4v) is 1.58. The summed E-state index contributed by atoms with van der Waals surface area (Å²) in [5, 5.41) is 0. The molecular weight excluding hydrogens is 194 g/mol. The van der Waals surface area contributed by atoms with Gasteiger partial charge in [0.1, 0.15) is 11.9 Å². The first-order valence-electron chi connectivity index (χ1n) is 5.14. The van der Waals surface area contributed by atoms with Crippen LogP contribution < -0.4 is 0 Å². The van der Waals surface area contributed by atoms with E-state index in [1.807, 2.05) is 34.6 Å². The maximum atomic E-state index is 11.7. The molecule has 0 aromatic rings. The minimum Gasteiger partial charge on any atom is -0.444 e. The van der Waals surface area contributed by atoms with Crippen LogP contribution in [0, 0.1) is 5.92 Å². The van der Waals surface area contributed by atoms with Crippen molar-refractivity contribution >= 4 is 12.4 Å². The highest BCUT2D eigenvalue weighted by atomic mass is 16.6. The van der Waals surface area contributed by atoms with Crippen LogP contribution in [0.25, 0.3) is 0 Å². The predicted molar refractivity (Wildman–Crippen MR) is 56.6 cm³/mol. The average molecular weight is 213 g/mol. The number of carbonyl (C=O) groups excluding carboxylic acids is 2. The molecule has 0 bridgehead atoms. The molecule has 0 aromatic heterocycles. The first-order valence-corrected chi connectivity index (χ1v) is 5.14. The molecule has 1 saturated heterocycles. The van der Waals surface area contributed by atoms with Crippen molar-refractivity contribution < 1.29 is 14.3 Å². The predicted octanol–water partition coefficient (Wildman–Crippen LogP) is 1.83. The Labute approximate surface area is 90.6 Å². The normalized spacial score (nSPS) is 24.3. The molecule has 4 heteroatoms. The third-order valence-electron chi connectivity index (χ3n) is 2.76. The van der Waals surface area contributed by atoms with E-state index >= 15 is 0 Å². The van der Waals surface area contributed by atoms with Gasteiger partial charge in [-0.3, -0.25) is 0 Å². The van der Waals surface area contributed by atoms with E-state index in [1.165, 1.54) is 0 Å². The molecule has 1 rings (SSSR count). The summed E-state index contributed by atoms with van der Waals surface area (Å²) < 4.78 is 5.24. The van der Waals surface area contributed by atoms with Gasteiger partial charge in [-0.2, -0.15) is 0 Å². The first kappa shape index (κ1) is 12.0. The van der Waals surface area contributed by atoms with Gasteiger partial charge in [-0.15, -0.1) is 0 Å². The number of rotatable bonds is 1. The van der Waals surface area contributed by atoms with E-state index in [4.69, 9.17) is 4.74 Å². The lowest BCUT2D eigenvalue weighted by molar-refractivity contribution is -0.126. The van der Waals surface area contributed by atoms with Gasteiger partial charge in [0.2, 0.25) is 0 Å². The number of carbonyl (C=O) groups is 2. The second-order valence-electron chi connectivity index (χ2n) is 5.49. The zero-order valence-corrected chi connectivity index (χ0v) is 10.0. The van der Waals surface area contributed by atoms with Gasteiger partial charge in [-0.1, -0.05) is 0 Å². The highest BCUT2D eigenvalue weighted by molar-refractivity contribution is 5.74. The Morgan fingerprint density at radius 1 is 1.47 bits per heavy atom. The topological polar surface area (TPSA) is 46.6 Å². The van der Waals surface area contributed by atoms with Crippen LogP contribution in [0.2, 0.25) is 0 Å². The summed E-state index contributed by atoms with van der Waals surface area (Å²) >= 11 is 0. The molecule has 1 heterocycles. The average Bonchev–Trinajstić information content (AvgIpc) is 1.99. The van der Waals surface area contributed by atoms with Crippen molar-refractivity contribution in [2.75, 3.05) is 6.54 Å². The monoisotopic (exact) mass is 213 g/mol. The lowest BCUT2D eigenvalue weighted by Crippen LogP contribution is -2.66. The van der Waals surface area contributed by atoms with Crippen molar-refractivity contribution in [1.82, 2.24) is 4.90 Å². The molecule has 1 aliphatic heterocycles. The molecule has 86 valence electrons. The molecule has 4 nitrogen and oxygen atoms in total. The third kappa shape index (κ3) is 2.30. The Hall–Kier alpha value is -1.06. The molecule has 0 aromatic carbocycles. The van der Waals surface area contributed by atoms with Gasteiger partial charge in [-0.05, 0) is 34.6 Å². The Bertz CT molecular complexity index is 278. The van der Waals surface area contributed by atoms with E-state index < -0.39 is 11.1 Å². The van der Waals surface area contributed by atoms with Crippen LogP contribution >= 0.6 is 0 Å². The molecule has 1 amide bonds. The summed E-state index contributed by atoms with van der Waals surface area (Å²) in [6, 6.07) is 0. The van der Waals surface area contributed by atoms with Crippen molar-refractivity contribution in [2.24, 2.45) is 5.92 Å². The lowest BCUT2D eigenvalue weighted by Gasteiger charge is -2.52. The number of ether oxygens (including phenoxy) is 1. The van der Waals surface area contributed by atoms with E-state index in [9.17, 15) is 9.59 Å². The van der Waals surface area contributed by atoms with E-state index in [2.05, 4.69) is 0 Å². The molecule has 1 unspecified atom stereocenters. The van der Waals surface area contributed by atoms with Gasteiger partial charge in [0.25, 0.3) is 0 Å². The van der Waals surface area contributed by atoms with Crippen LogP contribution in [-0.4, -0.2) is 35.0 Å². The Morgan fingerprint density at radius 2 is 2.00 bits per heavy atom. The van der Waals surface area contributed by atoms with E-state index in [-0.39, 0.29) is 12.0 Å². The van der Waals surface area contributed by atoms with Crippen LogP contribution in [0.1, 0.15) is 34.6 Å². The Morgan fingerprint density at radius 3 is 2.33 bits per heavy atom. The van der Waals surface area contributed by atoms with Crippen molar-refractivity contribution in [1.29, 1.82) is 0 Å². The van der Waals surface area contributed by atoms with Crippen molar-refractivity contribution in [3.63, 3.8) is 0 Å². The molecule has 1 aliphatic rings. The molecule has 0 radical (unpaired) electrons. The van der Waals surface area contributed by atoms with Gasteiger partial charge in [0, 0.05) is 6.54 Å². The smallest absolute Gasteiger partial charge is 0.410 e. The third-order valence-corrected chi connectivity index (χ3v) is 2.76. The first-order chi connectivity index (χ1) is 6.68. The highest BCUT2D eigenvalue weighted by Crippen LogP contribution is 2.35. The van der Waals surface area contributed by atoms with Crippen LogP contribution in [0.5, 0.6) is 0 Å². The molecule has 0 aliphatic carbocycles. The standard InChI is InChI=1S/C11H19NO3/c1-10(2,3)15-9(14)12-6-8(7-13)11(12,4)5/h7-8H,6H2,1-5H3. The maximum Gasteiger partial charge on any atom is 0.410 e. The fourth-order valence-electron chi connectivity index (χ4n) is 1.58. The van der Waals surface area contributed by atoms with E-state index in [0.29, 0.717) is 6.54 Å². The number of hydrogen-bond donors (Lipinski definition) is 0. The summed E-state index contributed by atoms with van der Waals surface area (Å²) in [4.78, 5) is 24.0. The van der Waals surface area contributed by atoms with Gasteiger partial charge in [0.05, 0.1) is 11.5 Å². The number of amides is 1. The number of nitrogens with zero attached hydrogens (tertiary/aromatic N) is 1. The summed E-state index contributed by atoms with van der Waals surface area (Å²) in [6.45, 7) is 9.70. The summed E-state index contributed by atoms with van der Waals surface area (Å²) in [7, 11) is 0. The van der Waals surface area contributed by atoms with Crippen LogP contribution in [0.15, 0.2) is 0 Å². The van der Waals surface area contributed by atoms with E-state index in [0.717, 1.165) is 6.29 Å².